The first-order valence-electron chi connectivity index (χ1n) is 6.22. The molecule has 0 aromatic rings. The molecular formula is C12H20N2O3. The zero-order chi connectivity index (χ0) is 12.5. The van der Waals surface area contributed by atoms with Gasteiger partial charge in [0.05, 0.1) is 12.6 Å². The zero-order valence-electron chi connectivity index (χ0n) is 10.5. The van der Waals surface area contributed by atoms with E-state index in [1.54, 1.807) is 12.0 Å². The summed E-state index contributed by atoms with van der Waals surface area (Å²) in [7, 11) is 1.63. The molecule has 5 heteroatoms. The van der Waals surface area contributed by atoms with Gasteiger partial charge in [0.15, 0.2) is 0 Å². The molecular weight excluding hydrogens is 220 g/mol. The van der Waals surface area contributed by atoms with E-state index in [2.05, 4.69) is 5.32 Å². The number of carbonyl (C=O) groups is 2. The summed E-state index contributed by atoms with van der Waals surface area (Å²) in [5.41, 5.74) is -0.595. The SMILES string of the molecule is COC(C)CN1C(=O)CNC(=O)C12CCCC2. The number of carbonyl (C=O) groups excluding carboxylic acids is 2. The lowest BCUT2D eigenvalue weighted by Crippen LogP contribution is -2.67. The van der Waals surface area contributed by atoms with Crippen LogP contribution in [0.25, 0.3) is 0 Å². The van der Waals surface area contributed by atoms with E-state index in [0.717, 1.165) is 25.7 Å². The van der Waals surface area contributed by atoms with Crippen LogP contribution in [0.15, 0.2) is 0 Å². The molecule has 1 spiro atoms. The Morgan fingerprint density at radius 1 is 1.41 bits per heavy atom. The van der Waals surface area contributed by atoms with Crippen molar-refractivity contribution in [3.63, 3.8) is 0 Å². The Bertz CT molecular complexity index is 324. The molecule has 0 aromatic heterocycles. The Morgan fingerprint density at radius 3 is 2.65 bits per heavy atom. The molecule has 1 N–H and O–H groups in total. The molecule has 5 nitrogen and oxygen atoms in total. The van der Waals surface area contributed by atoms with Crippen LogP contribution in [0, 0.1) is 0 Å². The van der Waals surface area contributed by atoms with Gasteiger partial charge in [0.2, 0.25) is 11.8 Å². The Kier molecular flexibility index (Phi) is 3.38. The van der Waals surface area contributed by atoms with Crippen LogP contribution >= 0.6 is 0 Å². The summed E-state index contributed by atoms with van der Waals surface area (Å²) in [5.74, 6) is 0.0216. The molecule has 0 radical (unpaired) electrons. The van der Waals surface area contributed by atoms with Gasteiger partial charge in [-0.3, -0.25) is 9.59 Å². The quantitative estimate of drug-likeness (QED) is 0.771. The molecule has 2 amide bonds. The van der Waals surface area contributed by atoms with Crippen LogP contribution < -0.4 is 5.32 Å². The summed E-state index contributed by atoms with van der Waals surface area (Å²) in [5, 5.41) is 2.71. The minimum absolute atomic E-state index is 0.00963. The van der Waals surface area contributed by atoms with Gasteiger partial charge < -0.3 is 15.0 Å². The number of nitrogens with zero attached hydrogens (tertiary/aromatic N) is 1. The Hall–Kier alpha value is -1.10. The number of amides is 2. The number of hydrogen-bond acceptors (Lipinski definition) is 3. The van der Waals surface area contributed by atoms with Crippen molar-refractivity contribution in [1.29, 1.82) is 0 Å². The third-order valence-corrected chi connectivity index (χ3v) is 3.91. The molecule has 1 aliphatic carbocycles. The molecule has 17 heavy (non-hydrogen) atoms. The highest BCUT2D eigenvalue weighted by Gasteiger charge is 2.50. The fourth-order valence-electron chi connectivity index (χ4n) is 2.84. The summed E-state index contributed by atoms with van der Waals surface area (Å²) in [4.78, 5) is 25.8. The first-order valence-corrected chi connectivity index (χ1v) is 6.22. The molecule has 1 atom stereocenters. The molecule has 0 bridgehead atoms. The van der Waals surface area contributed by atoms with E-state index in [9.17, 15) is 9.59 Å². The standard InChI is InChI=1S/C12H20N2O3/c1-9(17-2)8-14-10(15)7-13-11(16)12(14)5-3-4-6-12/h9H,3-8H2,1-2H3,(H,13,16). The van der Waals surface area contributed by atoms with E-state index < -0.39 is 5.54 Å². The maximum atomic E-state index is 12.1. The first-order chi connectivity index (χ1) is 8.10. The van der Waals surface area contributed by atoms with Gasteiger partial charge in [-0.25, -0.2) is 0 Å². The van der Waals surface area contributed by atoms with E-state index in [-0.39, 0.29) is 24.5 Å². The Labute approximate surface area is 101 Å². The monoisotopic (exact) mass is 240 g/mol. The summed E-state index contributed by atoms with van der Waals surface area (Å²) in [6.45, 7) is 2.54. The van der Waals surface area contributed by atoms with Gasteiger partial charge in [-0.1, -0.05) is 12.8 Å². The van der Waals surface area contributed by atoms with Gasteiger partial charge in [-0.05, 0) is 19.8 Å². The number of rotatable bonds is 3. The molecule has 2 rings (SSSR count). The predicted octanol–water partition coefficient (Wildman–Crippen LogP) is 0.292. The Balaban J connectivity index is 2.22. The second kappa shape index (κ2) is 4.64. The highest BCUT2D eigenvalue weighted by atomic mass is 16.5. The van der Waals surface area contributed by atoms with E-state index in [1.807, 2.05) is 6.92 Å². The molecule has 1 heterocycles. The molecule has 0 aromatic carbocycles. The summed E-state index contributed by atoms with van der Waals surface area (Å²) in [6.07, 6.45) is 3.54. The van der Waals surface area contributed by atoms with Crippen LogP contribution in [0.4, 0.5) is 0 Å². The van der Waals surface area contributed by atoms with Crippen LogP contribution in [-0.4, -0.2) is 48.6 Å². The maximum absolute atomic E-state index is 12.1. The minimum atomic E-state index is -0.595. The second-order valence-corrected chi connectivity index (χ2v) is 4.97. The second-order valence-electron chi connectivity index (χ2n) is 4.97. The highest BCUT2D eigenvalue weighted by Crippen LogP contribution is 2.37. The lowest BCUT2D eigenvalue weighted by atomic mass is 9.91. The van der Waals surface area contributed by atoms with E-state index in [4.69, 9.17) is 4.74 Å². The molecule has 1 saturated heterocycles. The topological polar surface area (TPSA) is 58.6 Å². The third-order valence-electron chi connectivity index (χ3n) is 3.91. The van der Waals surface area contributed by atoms with Gasteiger partial charge in [0.1, 0.15) is 5.54 Å². The van der Waals surface area contributed by atoms with Crippen molar-refractivity contribution in [3.8, 4) is 0 Å². The number of piperazine rings is 1. The third kappa shape index (κ3) is 2.04. The fourth-order valence-corrected chi connectivity index (χ4v) is 2.84. The number of hydrogen-bond donors (Lipinski definition) is 1. The van der Waals surface area contributed by atoms with Crippen LogP contribution in [-0.2, 0) is 14.3 Å². The van der Waals surface area contributed by atoms with Crippen molar-refractivity contribution in [2.24, 2.45) is 0 Å². The number of nitrogens with one attached hydrogen (secondary N) is 1. The largest absolute Gasteiger partial charge is 0.380 e. The van der Waals surface area contributed by atoms with Crippen LogP contribution in [0.5, 0.6) is 0 Å². The predicted molar refractivity (Wildman–Crippen MR) is 62.4 cm³/mol. The zero-order valence-corrected chi connectivity index (χ0v) is 10.5. The fraction of sp³-hybridized carbons (Fsp3) is 0.833. The smallest absolute Gasteiger partial charge is 0.246 e. The number of methoxy groups -OCH3 is 1. The van der Waals surface area contributed by atoms with E-state index in [1.165, 1.54) is 0 Å². The maximum Gasteiger partial charge on any atom is 0.246 e. The average Bonchev–Trinajstić information content (AvgIpc) is 2.80. The highest BCUT2D eigenvalue weighted by molar-refractivity contribution is 5.98. The molecule has 1 unspecified atom stereocenters. The average molecular weight is 240 g/mol. The van der Waals surface area contributed by atoms with Gasteiger partial charge in [0, 0.05) is 13.7 Å². The molecule has 96 valence electrons. The molecule has 1 saturated carbocycles. The van der Waals surface area contributed by atoms with Gasteiger partial charge in [-0.15, -0.1) is 0 Å². The molecule has 2 fully saturated rings. The Morgan fingerprint density at radius 2 is 2.06 bits per heavy atom. The summed E-state index contributed by atoms with van der Waals surface area (Å²) < 4.78 is 5.21. The normalized spacial score (nSPS) is 25.2. The van der Waals surface area contributed by atoms with Gasteiger partial charge in [-0.2, -0.15) is 0 Å². The van der Waals surface area contributed by atoms with Gasteiger partial charge in [0.25, 0.3) is 0 Å². The van der Waals surface area contributed by atoms with E-state index >= 15 is 0 Å². The van der Waals surface area contributed by atoms with Crippen LogP contribution in [0.2, 0.25) is 0 Å². The van der Waals surface area contributed by atoms with E-state index in [0.29, 0.717) is 6.54 Å². The molecule has 1 aliphatic heterocycles. The summed E-state index contributed by atoms with van der Waals surface area (Å²) in [6, 6.07) is 0. The molecule has 2 aliphatic rings. The lowest BCUT2D eigenvalue weighted by molar-refractivity contribution is -0.155. The van der Waals surface area contributed by atoms with Crippen LogP contribution in [0.3, 0.4) is 0 Å². The first kappa shape index (κ1) is 12.4. The van der Waals surface area contributed by atoms with Crippen LogP contribution in [0.1, 0.15) is 32.6 Å². The van der Waals surface area contributed by atoms with Crippen molar-refractivity contribution in [2.45, 2.75) is 44.2 Å². The number of ether oxygens (including phenoxy) is 1. The summed E-state index contributed by atoms with van der Waals surface area (Å²) >= 11 is 0. The van der Waals surface area contributed by atoms with Gasteiger partial charge >= 0.3 is 0 Å². The van der Waals surface area contributed by atoms with Crippen molar-refractivity contribution < 1.29 is 14.3 Å². The van der Waals surface area contributed by atoms with Crippen molar-refractivity contribution in [3.05, 3.63) is 0 Å². The minimum Gasteiger partial charge on any atom is -0.380 e. The van der Waals surface area contributed by atoms with Crippen molar-refractivity contribution >= 4 is 11.8 Å². The van der Waals surface area contributed by atoms with Crippen molar-refractivity contribution in [2.75, 3.05) is 20.2 Å². The van der Waals surface area contributed by atoms with Crippen molar-refractivity contribution in [1.82, 2.24) is 10.2 Å². The lowest BCUT2D eigenvalue weighted by Gasteiger charge is -2.44.